The molecule has 0 spiro atoms. The number of carbonyl (C=O) groups excluding carboxylic acids is 1. The average molecular weight is 376 g/mol. The van der Waals surface area contributed by atoms with Crippen molar-refractivity contribution in [1.29, 1.82) is 0 Å². The summed E-state index contributed by atoms with van der Waals surface area (Å²) in [5, 5.41) is 5.12. The molecule has 5 nitrogen and oxygen atoms in total. The highest BCUT2D eigenvalue weighted by molar-refractivity contribution is 6.31. The van der Waals surface area contributed by atoms with E-state index in [0.717, 1.165) is 24.2 Å². The van der Waals surface area contributed by atoms with Crippen molar-refractivity contribution in [3.63, 3.8) is 0 Å². The van der Waals surface area contributed by atoms with E-state index in [0.29, 0.717) is 36.2 Å². The Morgan fingerprint density at radius 1 is 1.38 bits per heavy atom. The predicted octanol–water partition coefficient (Wildman–Crippen LogP) is 3.97. The zero-order chi connectivity index (χ0) is 18.7. The lowest BCUT2D eigenvalue weighted by Gasteiger charge is -2.33. The number of nitrogens with zero attached hydrogens (tertiary/aromatic N) is 3. The highest BCUT2D eigenvalue weighted by atomic mass is 35.5. The lowest BCUT2D eigenvalue weighted by molar-refractivity contribution is -0.0228. The Morgan fingerprint density at radius 3 is 2.85 bits per heavy atom. The monoisotopic (exact) mass is 375 g/mol. The van der Waals surface area contributed by atoms with Crippen LogP contribution >= 0.6 is 11.6 Å². The molecule has 1 aromatic heterocycles. The molecule has 1 unspecified atom stereocenters. The van der Waals surface area contributed by atoms with E-state index in [1.165, 1.54) is 0 Å². The molecule has 6 heteroatoms. The smallest absolute Gasteiger partial charge is 0.257 e. The van der Waals surface area contributed by atoms with Crippen LogP contribution in [-0.4, -0.2) is 40.3 Å². The van der Waals surface area contributed by atoms with Crippen LogP contribution < -0.4 is 0 Å². The van der Waals surface area contributed by atoms with E-state index < -0.39 is 0 Å². The zero-order valence-corrected chi connectivity index (χ0v) is 16.4. The maximum absolute atomic E-state index is 13.1. The van der Waals surface area contributed by atoms with Crippen molar-refractivity contribution in [2.75, 3.05) is 19.7 Å². The minimum Gasteiger partial charge on any atom is -0.370 e. The molecule has 3 rings (SSSR count). The number of morpholine rings is 1. The molecule has 1 aromatic carbocycles. The first-order valence-electron chi connectivity index (χ1n) is 9.21. The summed E-state index contributed by atoms with van der Waals surface area (Å²) in [4.78, 5) is 15.0. The molecule has 0 aliphatic carbocycles. The molecule has 0 bridgehead atoms. The van der Waals surface area contributed by atoms with Crippen LogP contribution in [0.25, 0.3) is 0 Å². The molecule has 26 heavy (non-hydrogen) atoms. The Morgan fingerprint density at radius 2 is 2.15 bits per heavy atom. The van der Waals surface area contributed by atoms with Gasteiger partial charge < -0.3 is 9.64 Å². The van der Waals surface area contributed by atoms with Gasteiger partial charge in [-0.3, -0.25) is 9.48 Å². The zero-order valence-electron chi connectivity index (χ0n) is 15.6. The number of benzene rings is 1. The van der Waals surface area contributed by atoms with Gasteiger partial charge in [-0.15, -0.1) is 0 Å². The summed E-state index contributed by atoms with van der Waals surface area (Å²) in [7, 11) is 0. The minimum absolute atomic E-state index is 0.0252. The normalized spacial score (nSPS) is 17.7. The van der Waals surface area contributed by atoms with Crippen molar-refractivity contribution in [2.24, 2.45) is 5.92 Å². The van der Waals surface area contributed by atoms with E-state index in [9.17, 15) is 4.79 Å². The van der Waals surface area contributed by atoms with Crippen LogP contribution in [0.15, 0.2) is 30.5 Å². The summed E-state index contributed by atoms with van der Waals surface area (Å²) in [5.41, 5.74) is 2.63. The molecular formula is C20H26ClN3O2. The fraction of sp³-hybridized carbons (Fsp3) is 0.500. The molecule has 1 atom stereocenters. The Balaban J connectivity index is 1.80. The van der Waals surface area contributed by atoms with Gasteiger partial charge in [-0.2, -0.15) is 5.10 Å². The summed E-state index contributed by atoms with van der Waals surface area (Å²) in [6.07, 6.45) is 2.30. The van der Waals surface area contributed by atoms with Crippen LogP contribution in [0.2, 0.25) is 5.02 Å². The maximum Gasteiger partial charge on any atom is 0.257 e. The second kappa shape index (κ2) is 8.23. The number of aromatic nitrogens is 2. The van der Waals surface area contributed by atoms with Crippen LogP contribution in [0.5, 0.6) is 0 Å². The van der Waals surface area contributed by atoms with Gasteiger partial charge in [0.15, 0.2) is 0 Å². The fourth-order valence-corrected chi connectivity index (χ4v) is 3.65. The van der Waals surface area contributed by atoms with Gasteiger partial charge in [-0.1, -0.05) is 50.6 Å². The SMILES string of the molecule is CCc1c(C(=O)N2CCOC(c3ccccc3Cl)C2)cnn1CC(C)C. The Kier molecular flexibility index (Phi) is 5.99. The summed E-state index contributed by atoms with van der Waals surface area (Å²) >= 11 is 6.30. The van der Waals surface area contributed by atoms with Crippen LogP contribution in [0.4, 0.5) is 0 Å². The lowest BCUT2D eigenvalue weighted by Crippen LogP contribution is -2.42. The van der Waals surface area contributed by atoms with E-state index in [-0.39, 0.29) is 12.0 Å². The van der Waals surface area contributed by atoms with Crippen LogP contribution in [0, 0.1) is 5.92 Å². The first kappa shape index (κ1) is 18.9. The predicted molar refractivity (Wildman–Crippen MR) is 102 cm³/mol. The van der Waals surface area contributed by atoms with Crippen LogP contribution in [0.1, 0.15) is 48.5 Å². The molecule has 0 N–H and O–H groups in total. The number of ether oxygens (including phenoxy) is 1. The fourth-order valence-electron chi connectivity index (χ4n) is 3.39. The average Bonchev–Trinajstić information content (AvgIpc) is 3.03. The largest absolute Gasteiger partial charge is 0.370 e. The van der Waals surface area contributed by atoms with E-state index in [4.69, 9.17) is 16.3 Å². The molecule has 1 saturated heterocycles. The third-order valence-electron chi connectivity index (χ3n) is 4.66. The molecule has 2 heterocycles. The number of carbonyl (C=O) groups is 1. The van der Waals surface area contributed by atoms with Gasteiger partial charge >= 0.3 is 0 Å². The van der Waals surface area contributed by atoms with E-state index in [2.05, 4.69) is 25.9 Å². The minimum atomic E-state index is -0.197. The molecular weight excluding hydrogens is 350 g/mol. The molecule has 0 saturated carbocycles. The number of halogens is 1. The number of hydrogen-bond donors (Lipinski definition) is 0. The van der Waals surface area contributed by atoms with Crippen LogP contribution in [-0.2, 0) is 17.7 Å². The van der Waals surface area contributed by atoms with E-state index in [1.807, 2.05) is 33.8 Å². The molecule has 2 aromatic rings. The van der Waals surface area contributed by atoms with Gasteiger partial charge in [0.25, 0.3) is 5.91 Å². The second-order valence-corrected chi connectivity index (χ2v) is 7.47. The van der Waals surface area contributed by atoms with E-state index in [1.54, 1.807) is 6.20 Å². The van der Waals surface area contributed by atoms with Gasteiger partial charge in [0.05, 0.1) is 30.6 Å². The van der Waals surface area contributed by atoms with Crippen molar-refractivity contribution < 1.29 is 9.53 Å². The van der Waals surface area contributed by atoms with Crippen molar-refractivity contribution in [3.05, 3.63) is 52.3 Å². The molecule has 1 fully saturated rings. The van der Waals surface area contributed by atoms with Crippen molar-refractivity contribution in [3.8, 4) is 0 Å². The molecule has 140 valence electrons. The van der Waals surface area contributed by atoms with Gasteiger partial charge in [-0.25, -0.2) is 0 Å². The topological polar surface area (TPSA) is 47.4 Å². The number of rotatable bonds is 5. The first-order valence-corrected chi connectivity index (χ1v) is 9.59. The standard InChI is InChI=1S/C20H26ClN3O2/c1-4-18-16(11-22-24(18)12-14(2)3)20(25)23-9-10-26-19(13-23)15-7-5-6-8-17(15)21/h5-8,11,14,19H,4,9-10,12-13H2,1-3H3. The Labute approximate surface area is 159 Å². The quantitative estimate of drug-likeness (QED) is 0.794. The Bertz CT molecular complexity index is 772. The first-order chi connectivity index (χ1) is 12.5. The van der Waals surface area contributed by atoms with Gasteiger partial charge in [-0.05, 0) is 18.4 Å². The lowest BCUT2D eigenvalue weighted by atomic mass is 10.1. The third-order valence-corrected chi connectivity index (χ3v) is 5.00. The number of hydrogen-bond acceptors (Lipinski definition) is 3. The molecule has 1 aliphatic heterocycles. The van der Waals surface area contributed by atoms with Gasteiger partial charge in [0, 0.05) is 23.7 Å². The van der Waals surface area contributed by atoms with Crippen molar-refractivity contribution in [1.82, 2.24) is 14.7 Å². The molecule has 1 amide bonds. The van der Waals surface area contributed by atoms with Crippen LogP contribution in [0.3, 0.4) is 0 Å². The van der Waals surface area contributed by atoms with E-state index >= 15 is 0 Å². The molecule has 0 radical (unpaired) electrons. The van der Waals surface area contributed by atoms with Gasteiger partial charge in [0.1, 0.15) is 6.10 Å². The summed E-state index contributed by atoms with van der Waals surface area (Å²) in [6.45, 7) is 8.78. The highest BCUT2D eigenvalue weighted by Crippen LogP contribution is 2.29. The van der Waals surface area contributed by atoms with Gasteiger partial charge in [0.2, 0.25) is 0 Å². The summed E-state index contributed by atoms with van der Waals surface area (Å²) in [5.74, 6) is 0.508. The Hall–Kier alpha value is -1.85. The highest BCUT2D eigenvalue weighted by Gasteiger charge is 2.29. The third kappa shape index (κ3) is 3.94. The summed E-state index contributed by atoms with van der Waals surface area (Å²) < 4.78 is 7.84. The molecule has 1 aliphatic rings. The maximum atomic E-state index is 13.1. The van der Waals surface area contributed by atoms with Crippen molar-refractivity contribution in [2.45, 2.75) is 39.8 Å². The van der Waals surface area contributed by atoms with Crippen molar-refractivity contribution >= 4 is 17.5 Å². The summed E-state index contributed by atoms with van der Waals surface area (Å²) in [6, 6.07) is 7.65. The second-order valence-electron chi connectivity index (χ2n) is 7.07. The number of amides is 1.